The predicted octanol–water partition coefficient (Wildman–Crippen LogP) is 3.10. The number of H-pyrrole nitrogens is 1. The lowest BCUT2D eigenvalue weighted by atomic mass is 10.2. The number of anilines is 1. The molecule has 0 aliphatic heterocycles. The molecule has 18 heavy (non-hydrogen) atoms. The number of nitrogens with zero attached hydrogens (tertiary/aromatic N) is 2. The summed E-state index contributed by atoms with van der Waals surface area (Å²) < 4.78 is 27.0. The fraction of sp³-hybridized carbons (Fsp3) is 0.308. The van der Waals surface area contributed by atoms with Crippen molar-refractivity contribution in [1.29, 1.82) is 0 Å². The Kier molecular flexibility index (Phi) is 3.60. The third kappa shape index (κ3) is 2.67. The third-order valence-corrected chi connectivity index (χ3v) is 2.74. The molecule has 0 saturated carbocycles. The van der Waals surface area contributed by atoms with Crippen molar-refractivity contribution < 1.29 is 8.78 Å². The molecule has 1 aromatic heterocycles. The molecule has 1 N–H and O–H groups in total. The first-order chi connectivity index (χ1) is 8.58. The Balaban J connectivity index is 2.32. The van der Waals surface area contributed by atoms with E-state index in [1.165, 1.54) is 6.07 Å². The first-order valence-corrected chi connectivity index (χ1v) is 5.77. The van der Waals surface area contributed by atoms with Gasteiger partial charge in [-0.2, -0.15) is 0 Å². The van der Waals surface area contributed by atoms with Crippen molar-refractivity contribution in [3.8, 4) is 0 Å². The van der Waals surface area contributed by atoms with Crippen LogP contribution in [0.2, 0.25) is 0 Å². The zero-order valence-electron chi connectivity index (χ0n) is 10.3. The Morgan fingerprint density at radius 1 is 1.33 bits per heavy atom. The first kappa shape index (κ1) is 12.5. The van der Waals surface area contributed by atoms with Crippen LogP contribution < -0.4 is 4.90 Å². The van der Waals surface area contributed by atoms with Crippen molar-refractivity contribution >= 4 is 5.69 Å². The minimum absolute atomic E-state index is 0.0459. The summed E-state index contributed by atoms with van der Waals surface area (Å²) in [4.78, 5) is 8.66. The molecular weight excluding hydrogens is 236 g/mol. The number of aromatic nitrogens is 2. The highest BCUT2D eigenvalue weighted by Gasteiger charge is 2.16. The Hall–Kier alpha value is -1.91. The molecule has 0 aliphatic rings. The number of nitrogens with one attached hydrogen (secondary N) is 1. The summed E-state index contributed by atoms with van der Waals surface area (Å²) in [5, 5.41) is 0. The Labute approximate surface area is 104 Å². The molecule has 0 saturated heterocycles. The number of hydrogen-bond donors (Lipinski definition) is 1. The van der Waals surface area contributed by atoms with E-state index in [0.29, 0.717) is 6.54 Å². The molecule has 2 aromatic rings. The summed E-state index contributed by atoms with van der Waals surface area (Å²) in [6.07, 6.45) is 3.24. The van der Waals surface area contributed by atoms with E-state index in [1.54, 1.807) is 17.4 Å². The second-order valence-electron chi connectivity index (χ2n) is 4.39. The molecule has 5 heteroatoms. The van der Waals surface area contributed by atoms with Crippen LogP contribution in [0.4, 0.5) is 14.5 Å². The minimum atomic E-state index is -0.443. The lowest BCUT2D eigenvalue weighted by Gasteiger charge is -2.28. The van der Waals surface area contributed by atoms with Gasteiger partial charge >= 0.3 is 0 Å². The van der Waals surface area contributed by atoms with Gasteiger partial charge in [-0.3, -0.25) is 0 Å². The summed E-state index contributed by atoms with van der Waals surface area (Å²) in [7, 11) is 0. The van der Waals surface area contributed by atoms with E-state index in [4.69, 9.17) is 0 Å². The van der Waals surface area contributed by atoms with Gasteiger partial charge in [-0.15, -0.1) is 0 Å². The van der Waals surface area contributed by atoms with E-state index >= 15 is 0 Å². The van der Waals surface area contributed by atoms with Gasteiger partial charge in [0.15, 0.2) is 0 Å². The molecule has 0 fully saturated rings. The second kappa shape index (κ2) is 5.16. The largest absolute Gasteiger partial charge is 0.361 e. The monoisotopic (exact) mass is 251 g/mol. The van der Waals surface area contributed by atoms with E-state index in [2.05, 4.69) is 9.97 Å². The predicted molar refractivity (Wildman–Crippen MR) is 66.3 cm³/mol. The summed E-state index contributed by atoms with van der Waals surface area (Å²) in [5.74, 6) is -0.869. The van der Waals surface area contributed by atoms with Gasteiger partial charge in [0.05, 0.1) is 24.3 Å². The van der Waals surface area contributed by atoms with E-state index in [0.717, 1.165) is 17.8 Å². The Bertz CT molecular complexity index is 509. The van der Waals surface area contributed by atoms with Gasteiger partial charge in [0.1, 0.15) is 11.6 Å². The average Bonchev–Trinajstić information content (AvgIpc) is 2.82. The van der Waals surface area contributed by atoms with Gasteiger partial charge in [0.25, 0.3) is 0 Å². The zero-order valence-corrected chi connectivity index (χ0v) is 10.3. The SMILES string of the molecule is CC(C)N(Cc1cnc[nH]1)c1cc(F)ccc1F. The topological polar surface area (TPSA) is 31.9 Å². The summed E-state index contributed by atoms with van der Waals surface area (Å²) >= 11 is 0. The highest BCUT2D eigenvalue weighted by molar-refractivity contribution is 5.49. The lowest BCUT2D eigenvalue weighted by Crippen LogP contribution is -2.31. The second-order valence-corrected chi connectivity index (χ2v) is 4.39. The number of benzene rings is 1. The van der Waals surface area contributed by atoms with Crippen molar-refractivity contribution in [3.63, 3.8) is 0 Å². The highest BCUT2D eigenvalue weighted by Crippen LogP contribution is 2.24. The summed E-state index contributed by atoms with van der Waals surface area (Å²) in [5.41, 5.74) is 1.12. The van der Waals surface area contributed by atoms with E-state index in [1.807, 2.05) is 13.8 Å². The zero-order chi connectivity index (χ0) is 13.1. The normalized spacial score (nSPS) is 10.9. The van der Waals surface area contributed by atoms with Crippen LogP contribution in [0, 0.1) is 11.6 Å². The average molecular weight is 251 g/mol. The van der Waals surface area contributed by atoms with Crippen LogP contribution >= 0.6 is 0 Å². The molecule has 0 atom stereocenters. The van der Waals surface area contributed by atoms with Crippen LogP contribution in [-0.2, 0) is 6.54 Å². The fourth-order valence-electron chi connectivity index (χ4n) is 1.81. The van der Waals surface area contributed by atoms with Gasteiger partial charge < -0.3 is 9.88 Å². The molecule has 0 bridgehead atoms. The third-order valence-electron chi connectivity index (χ3n) is 2.74. The molecule has 1 heterocycles. The smallest absolute Gasteiger partial charge is 0.146 e. The van der Waals surface area contributed by atoms with Gasteiger partial charge in [-0.1, -0.05) is 0 Å². The van der Waals surface area contributed by atoms with Crippen LogP contribution in [0.15, 0.2) is 30.7 Å². The number of halogens is 2. The molecule has 0 amide bonds. The van der Waals surface area contributed by atoms with E-state index < -0.39 is 11.6 Å². The van der Waals surface area contributed by atoms with Crippen LogP contribution in [-0.4, -0.2) is 16.0 Å². The van der Waals surface area contributed by atoms with Gasteiger partial charge in [0, 0.05) is 18.3 Å². The lowest BCUT2D eigenvalue weighted by molar-refractivity contribution is 0.578. The van der Waals surface area contributed by atoms with Gasteiger partial charge in [0.2, 0.25) is 0 Å². The molecule has 1 aromatic carbocycles. The van der Waals surface area contributed by atoms with Crippen molar-refractivity contribution in [2.45, 2.75) is 26.4 Å². The Morgan fingerprint density at radius 2 is 2.11 bits per heavy atom. The number of aromatic amines is 1. The van der Waals surface area contributed by atoms with Crippen LogP contribution in [0.25, 0.3) is 0 Å². The van der Waals surface area contributed by atoms with Crippen molar-refractivity contribution in [3.05, 3.63) is 48.1 Å². The molecule has 0 unspecified atom stereocenters. The van der Waals surface area contributed by atoms with Crippen LogP contribution in [0.1, 0.15) is 19.5 Å². The number of rotatable bonds is 4. The van der Waals surface area contributed by atoms with E-state index in [9.17, 15) is 8.78 Å². The maximum Gasteiger partial charge on any atom is 0.146 e. The number of hydrogen-bond acceptors (Lipinski definition) is 2. The summed E-state index contributed by atoms with van der Waals surface area (Å²) in [6, 6.07) is 3.52. The quantitative estimate of drug-likeness (QED) is 0.905. The molecule has 3 nitrogen and oxygen atoms in total. The molecular formula is C13H15F2N3. The highest BCUT2D eigenvalue weighted by atomic mass is 19.1. The van der Waals surface area contributed by atoms with E-state index in [-0.39, 0.29) is 11.7 Å². The molecule has 0 radical (unpaired) electrons. The van der Waals surface area contributed by atoms with Gasteiger partial charge in [-0.05, 0) is 26.0 Å². The molecule has 0 spiro atoms. The van der Waals surface area contributed by atoms with Gasteiger partial charge in [-0.25, -0.2) is 13.8 Å². The van der Waals surface area contributed by atoms with Crippen molar-refractivity contribution in [2.75, 3.05) is 4.90 Å². The Morgan fingerprint density at radius 3 is 2.72 bits per heavy atom. The standard InChI is InChI=1S/C13H15F2N3/c1-9(2)18(7-11-6-16-8-17-11)13-5-10(14)3-4-12(13)15/h3-6,8-9H,7H2,1-2H3,(H,16,17). The fourth-order valence-corrected chi connectivity index (χ4v) is 1.81. The van der Waals surface area contributed by atoms with Crippen LogP contribution in [0.5, 0.6) is 0 Å². The van der Waals surface area contributed by atoms with Crippen molar-refractivity contribution in [2.24, 2.45) is 0 Å². The van der Waals surface area contributed by atoms with Crippen LogP contribution in [0.3, 0.4) is 0 Å². The maximum absolute atomic E-state index is 13.8. The first-order valence-electron chi connectivity index (χ1n) is 5.77. The summed E-state index contributed by atoms with van der Waals surface area (Å²) in [6.45, 7) is 4.32. The minimum Gasteiger partial charge on any atom is -0.361 e. The molecule has 96 valence electrons. The molecule has 2 rings (SSSR count). The molecule has 0 aliphatic carbocycles. The maximum atomic E-state index is 13.8. The number of imidazole rings is 1. The van der Waals surface area contributed by atoms with Crippen molar-refractivity contribution in [1.82, 2.24) is 9.97 Å².